The summed E-state index contributed by atoms with van der Waals surface area (Å²) >= 11 is 0. The molecule has 2 N–H and O–H groups in total. The third kappa shape index (κ3) is 3.71. The summed E-state index contributed by atoms with van der Waals surface area (Å²) in [4.78, 5) is 0. The van der Waals surface area contributed by atoms with Crippen molar-refractivity contribution in [3.05, 3.63) is 29.8 Å². The number of hydrogen-bond donors (Lipinski definition) is 2. The van der Waals surface area contributed by atoms with E-state index in [0.717, 1.165) is 19.3 Å². The first-order valence-corrected chi connectivity index (χ1v) is 7.01. The highest BCUT2D eigenvalue weighted by Gasteiger charge is 2.55. The van der Waals surface area contributed by atoms with Gasteiger partial charge in [0, 0.05) is 6.42 Å². The summed E-state index contributed by atoms with van der Waals surface area (Å²) < 4.78 is 5.02. The first kappa shape index (κ1) is 14.4. The van der Waals surface area contributed by atoms with Crippen LogP contribution in [-0.2, 0) is 10.2 Å². The van der Waals surface area contributed by atoms with Crippen LogP contribution in [0.2, 0.25) is 0 Å². The van der Waals surface area contributed by atoms with Gasteiger partial charge in [0.1, 0.15) is 11.9 Å². The molecule has 0 aromatic heterocycles. The van der Waals surface area contributed by atoms with Gasteiger partial charge in [-0.25, -0.2) is 0 Å². The Hall–Kier alpha value is -1.06. The van der Waals surface area contributed by atoms with E-state index in [2.05, 4.69) is 20.8 Å². The first-order valence-electron chi connectivity index (χ1n) is 7.01. The second-order valence-corrected chi connectivity index (χ2v) is 6.49. The van der Waals surface area contributed by atoms with Gasteiger partial charge in [0.15, 0.2) is 5.79 Å². The van der Waals surface area contributed by atoms with Crippen LogP contribution in [-0.4, -0.2) is 22.1 Å². The van der Waals surface area contributed by atoms with Crippen LogP contribution in [0.5, 0.6) is 5.75 Å². The van der Waals surface area contributed by atoms with Gasteiger partial charge in [0.2, 0.25) is 0 Å². The molecule has 1 aliphatic heterocycles. The molecule has 3 heteroatoms. The SMILES string of the molecule is CC(C)(C)c1ccc(O)cc1.OC12CCCCC1O2. The largest absolute Gasteiger partial charge is 0.508 e. The van der Waals surface area contributed by atoms with E-state index in [1.54, 1.807) is 12.1 Å². The molecule has 1 aliphatic carbocycles. The van der Waals surface area contributed by atoms with Crippen molar-refractivity contribution < 1.29 is 14.9 Å². The highest BCUT2D eigenvalue weighted by molar-refractivity contribution is 5.29. The van der Waals surface area contributed by atoms with Crippen molar-refractivity contribution in [1.82, 2.24) is 0 Å². The van der Waals surface area contributed by atoms with Crippen molar-refractivity contribution in [1.29, 1.82) is 0 Å². The number of phenolic OH excluding ortho intramolecular Hbond substituents is 1. The lowest BCUT2D eigenvalue weighted by molar-refractivity contribution is 0.0251. The third-order valence-corrected chi connectivity index (χ3v) is 3.78. The molecule has 0 amide bonds. The summed E-state index contributed by atoms with van der Waals surface area (Å²) in [7, 11) is 0. The summed E-state index contributed by atoms with van der Waals surface area (Å²) in [5.41, 5.74) is 1.42. The van der Waals surface area contributed by atoms with E-state index >= 15 is 0 Å². The number of epoxide rings is 1. The van der Waals surface area contributed by atoms with E-state index in [1.165, 1.54) is 12.0 Å². The Morgan fingerprint density at radius 1 is 1.16 bits per heavy atom. The zero-order valence-electron chi connectivity index (χ0n) is 12.0. The number of fused-ring (bicyclic) bond motifs is 1. The molecule has 19 heavy (non-hydrogen) atoms. The molecular formula is C16H24O3. The van der Waals surface area contributed by atoms with Crippen LogP contribution < -0.4 is 0 Å². The lowest BCUT2D eigenvalue weighted by Gasteiger charge is -2.18. The number of aromatic hydroxyl groups is 1. The van der Waals surface area contributed by atoms with Gasteiger partial charge in [0.05, 0.1) is 0 Å². The van der Waals surface area contributed by atoms with Crippen LogP contribution in [0.3, 0.4) is 0 Å². The number of benzene rings is 1. The molecule has 1 saturated heterocycles. The molecule has 1 aromatic carbocycles. The summed E-state index contributed by atoms with van der Waals surface area (Å²) in [5.74, 6) is -0.323. The minimum absolute atomic E-state index is 0.174. The van der Waals surface area contributed by atoms with Crippen molar-refractivity contribution in [2.24, 2.45) is 0 Å². The molecule has 2 fully saturated rings. The zero-order chi connectivity index (χ0) is 14.1. The standard InChI is InChI=1S/C10H14O.C6H10O2/c1-10(2,3)8-4-6-9(11)7-5-8;7-6-4-2-1-3-5(6)8-6/h4-7,11H,1-3H3;5,7H,1-4H2. The van der Waals surface area contributed by atoms with Gasteiger partial charge in [0.25, 0.3) is 0 Å². The highest BCUT2D eigenvalue weighted by atomic mass is 16.7. The fourth-order valence-electron chi connectivity index (χ4n) is 2.39. The normalized spacial score (nSPS) is 28.9. The average molecular weight is 264 g/mol. The monoisotopic (exact) mass is 264 g/mol. The fourth-order valence-corrected chi connectivity index (χ4v) is 2.39. The summed E-state index contributed by atoms with van der Waals surface area (Å²) in [6.45, 7) is 6.46. The maximum Gasteiger partial charge on any atom is 0.192 e. The average Bonchev–Trinajstić information content (AvgIpc) is 3.01. The number of aliphatic hydroxyl groups is 1. The Morgan fingerprint density at radius 3 is 2.21 bits per heavy atom. The van der Waals surface area contributed by atoms with Crippen molar-refractivity contribution in [3.8, 4) is 5.75 Å². The molecule has 0 spiro atoms. The lowest BCUT2D eigenvalue weighted by atomic mass is 9.87. The van der Waals surface area contributed by atoms with Crippen LogP contribution in [0, 0.1) is 0 Å². The maximum atomic E-state index is 9.23. The van der Waals surface area contributed by atoms with Gasteiger partial charge in [-0.05, 0) is 36.0 Å². The van der Waals surface area contributed by atoms with Crippen LogP contribution >= 0.6 is 0 Å². The van der Waals surface area contributed by atoms with E-state index in [9.17, 15) is 5.11 Å². The molecule has 3 rings (SSSR count). The molecular weight excluding hydrogens is 240 g/mol. The number of ether oxygens (including phenoxy) is 1. The minimum atomic E-state index is -0.655. The molecule has 2 atom stereocenters. The third-order valence-electron chi connectivity index (χ3n) is 3.78. The smallest absolute Gasteiger partial charge is 0.192 e. The summed E-state index contributed by atoms with van der Waals surface area (Å²) in [6, 6.07) is 7.35. The van der Waals surface area contributed by atoms with Gasteiger partial charge in [-0.1, -0.05) is 39.3 Å². The van der Waals surface area contributed by atoms with E-state index < -0.39 is 5.79 Å². The number of hydrogen-bond acceptors (Lipinski definition) is 3. The summed E-state index contributed by atoms with van der Waals surface area (Å²) in [6.07, 6.45) is 4.49. The fraction of sp³-hybridized carbons (Fsp3) is 0.625. The quantitative estimate of drug-likeness (QED) is 0.707. The summed E-state index contributed by atoms with van der Waals surface area (Å²) in [5, 5.41) is 18.2. The van der Waals surface area contributed by atoms with E-state index in [0.29, 0.717) is 5.75 Å². The van der Waals surface area contributed by atoms with E-state index in [-0.39, 0.29) is 11.5 Å². The van der Waals surface area contributed by atoms with E-state index in [1.807, 2.05) is 12.1 Å². The zero-order valence-corrected chi connectivity index (χ0v) is 12.0. The van der Waals surface area contributed by atoms with Crippen molar-refractivity contribution in [2.45, 2.75) is 63.8 Å². The molecule has 0 bridgehead atoms. The van der Waals surface area contributed by atoms with Crippen LogP contribution in [0.25, 0.3) is 0 Å². The Bertz CT molecular complexity index is 417. The van der Waals surface area contributed by atoms with Crippen molar-refractivity contribution in [2.75, 3.05) is 0 Å². The second kappa shape index (κ2) is 5.14. The molecule has 0 radical (unpaired) electrons. The minimum Gasteiger partial charge on any atom is -0.508 e. The predicted molar refractivity (Wildman–Crippen MR) is 75.1 cm³/mol. The van der Waals surface area contributed by atoms with Gasteiger partial charge in [-0.15, -0.1) is 0 Å². The van der Waals surface area contributed by atoms with E-state index in [4.69, 9.17) is 9.84 Å². The Balaban J connectivity index is 0.000000146. The van der Waals surface area contributed by atoms with Gasteiger partial charge in [-0.3, -0.25) is 0 Å². The van der Waals surface area contributed by atoms with Crippen LogP contribution in [0.15, 0.2) is 24.3 Å². The van der Waals surface area contributed by atoms with Crippen LogP contribution in [0.1, 0.15) is 52.0 Å². The molecule has 1 heterocycles. The Kier molecular flexibility index (Phi) is 3.88. The second-order valence-electron chi connectivity index (χ2n) is 6.49. The van der Waals surface area contributed by atoms with Gasteiger partial charge < -0.3 is 14.9 Å². The molecule has 3 nitrogen and oxygen atoms in total. The lowest BCUT2D eigenvalue weighted by Crippen LogP contribution is -2.17. The predicted octanol–water partition coefficient (Wildman–Crippen LogP) is 3.34. The van der Waals surface area contributed by atoms with Gasteiger partial charge >= 0.3 is 0 Å². The Labute approximate surface area is 115 Å². The number of rotatable bonds is 0. The molecule has 1 saturated carbocycles. The molecule has 2 aliphatic rings. The maximum absolute atomic E-state index is 9.23. The highest BCUT2D eigenvalue weighted by Crippen LogP contribution is 2.45. The van der Waals surface area contributed by atoms with Gasteiger partial charge in [-0.2, -0.15) is 0 Å². The Morgan fingerprint density at radius 2 is 1.79 bits per heavy atom. The molecule has 106 valence electrons. The topological polar surface area (TPSA) is 53.0 Å². The van der Waals surface area contributed by atoms with Crippen molar-refractivity contribution in [3.63, 3.8) is 0 Å². The molecule has 2 unspecified atom stereocenters. The van der Waals surface area contributed by atoms with Crippen molar-refractivity contribution >= 4 is 0 Å². The molecule has 1 aromatic rings. The first-order chi connectivity index (χ1) is 8.81. The van der Waals surface area contributed by atoms with Crippen LogP contribution in [0.4, 0.5) is 0 Å². The number of phenols is 1.